The topological polar surface area (TPSA) is 30.5 Å². The largest absolute Gasteiger partial charge is 0.488 e. The number of ether oxygens (including phenoxy) is 2. The van der Waals surface area contributed by atoms with Gasteiger partial charge in [0.1, 0.15) is 11.9 Å². The van der Waals surface area contributed by atoms with Crippen LogP contribution in [0.1, 0.15) is 18.1 Å². The Kier molecular flexibility index (Phi) is 4.02. The third-order valence-corrected chi connectivity index (χ3v) is 3.07. The second-order valence-electron chi connectivity index (χ2n) is 4.82. The number of rotatable bonds is 5. The number of fused-ring (bicyclic) bond motifs is 1. The Labute approximate surface area is 103 Å². The number of hydrogen-bond donors (Lipinski definition) is 1. The molecule has 94 valence electrons. The number of aryl methyl sites for hydroxylation is 1. The molecule has 17 heavy (non-hydrogen) atoms. The molecule has 0 amide bonds. The Morgan fingerprint density at radius 3 is 3.12 bits per heavy atom. The van der Waals surface area contributed by atoms with Crippen LogP contribution in [0, 0.1) is 6.92 Å². The van der Waals surface area contributed by atoms with Crippen molar-refractivity contribution in [2.24, 2.45) is 0 Å². The molecule has 0 saturated heterocycles. The first-order valence-electron chi connectivity index (χ1n) is 6.17. The van der Waals surface area contributed by atoms with Crippen LogP contribution < -0.4 is 10.1 Å². The van der Waals surface area contributed by atoms with Crippen LogP contribution in [0.2, 0.25) is 0 Å². The van der Waals surface area contributed by atoms with Gasteiger partial charge in [0.25, 0.3) is 0 Å². The molecule has 1 aromatic rings. The van der Waals surface area contributed by atoms with Gasteiger partial charge in [0.15, 0.2) is 0 Å². The minimum atomic E-state index is 0.256. The molecule has 0 spiro atoms. The minimum absolute atomic E-state index is 0.256. The van der Waals surface area contributed by atoms with E-state index in [0.29, 0.717) is 6.04 Å². The van der Waals surface area contributed by atoms with Crippen LogP contribution in [0.4, 0.5) is 0 Å². The van der Waals surface area contributed by atoms with Crippen molar-refractivity contribution in [1.29, 1.82) is 0 Å². The van der Waals surface area contributed by atoms with Gasteiger partial charge in [-0.3, -0.25) is 0 Å². The van der Waals surface area contributed by atoms with Crippen molar-refractivity contribution in [2.45, 2.75) is 32.4 Å². The molecule has 3 heteroatoms. The Balaban J connectivity index is 1.84. The summed E-state index contributed by atoms with van der Waals surface area (Å²) in [6.45, 7) is 5.85. The molecule has 2 atom stereocenters. The molecule has 0 saturated carbocycles. The molecule has 1 aliphatic heterocycles. The second-order valence-corrected chi connectivity index (χ2v) is 4.82. The summed E-state index contributed by atoms with van der Waals surface area (Å²) in [5.74, 6) is 1.04. The van der Waals surface area contributed by atoms with Crippen LogP contribution in [0.3, 0.4) is 0 Å². The van der Waals surface area contributed by atoms with Crippen LogP contribution in [0.5, 0.6) is 5.75 Å². The van der Waals surface area contributed by atoms with E-state index >= 15 is 0 Å². The molecule has 0 aromatic heterocycles. The molecule has 0 bridgehead atoms. The predicted octanol–water partition coefficient (Wildman–Crippen LogP) is 1.92. The summed E-state index contributed by atoms with van der Waals surface area (Å²) in [6, 6.07) is 6.76. The Hall–Kier alpha value is -1.06. The fourth-order valence-electron chi connectivity index (χ4n) is 2.20. The summed E-state index contributed by atoms with van der Waals surface area (Å²) < 4.78 is 11.0. The molecule has 0 radical (unpaired) electrons. The number of nitrogens with one attached hydrogen (secondary N) is 1. The fraction of sp³-hybridized carbons (Fsp3) is 0.571. The molecule has 2 unspecified atom stereocenters. The van der Waals surface area contributed by atoms with Crippen molar-refractivity contribution in [3.8, 4) is 5.75 Å². The summed E-state index contributed by atoms with van der Waals surface area (Å²) >= 11 is 0. The lowest BCUT2D eigenvalue weighted by atomic mass is 10.1. The van der Waals surface area contributed by atoms with Crippen LogP contribution in [0.15, 0.2) is 18.2 Å². The lowest BCUT2D eigenvalue weighted by Crippen LogP contribution is -2.38. The standard InChI is InChI=1S/C14H21NO2/c1-10-4-5-14-12(6-10)7-13(17-14)8-15-11(2)9-16-3/h4-6,11,13,15H,7-9H2,1-3H3. The molecular formula is C14H21NO2. The highest BCUT2D eigenvalue weighted by atomic mass is 16.5. The first-order valence-corrected chi connectivity index (χ1v) is 6.17. The van der Waals surface area contributed by atoms with E-state index in [1.165, 1.54) is 11.1 Å². The Morgan fingerprint density at radius 2 is 2.35 bits per heavy atom. The normalized spacial score (nSPS) is 19.8. The smallest absolute Gasteiger partial charge is 0.123 e. The monoisotopic (exact) mass is 235 g/mol. The van der Waals surface area contributed by atoms with Gasteiger partial charge in [-0.05, 0) is 25.5 Å². The SMILES string of the molecule is COCC(C)NCC1Cc2cc(C)ccc2O1. The van der Waals surface area contributed by atoms with Gasteiger partial charge in [-0.15, -0.1) is 0 Å². The van der Waals surface area contributed by atoms with Crippen LogP contribution in [-0.2, 0) is 11.2 Å². The van der Waals surface area contributed by atoms with Crippen LogP contribution in [-0.4, -0.2) is 32.4 Å². The zero-order valence-electron chi connectivity index (χ0n) is 10.8. The first-order chi connectivity index (χ1) is 8.19. The maximum atomic E-state index is 5.89. The average Bonchev–Trinajstić information content (AvgIpc) is 2.68. The van der Waals surface area contributed by atoms with Crippen molar-refractivity contribution in [3.63, 3.8) is 0 Å². The quantitative estimate of drug-likeness (QED) is 0.846. The number of benzene rings is 1. The number of hydrogen-bond acceptors (Lipinski definition) is 3. The van der Waals surface area contributed by atoms with Crippen molar-refractivity contribution in [1.82, 2.24) is 5.32 Å². The van der Waals surface area contributed by atoms with Crippen molar-refractivity contribution in [3.05, 3.63) is 29.3 Å². The van der Waals surface area contributed by atoms with Gasteiger partial charge in [-0.2, -0.15) is 0 Å². The lowest BCUT2D eigenvalue weighted by molar-refractivity contribution is 0.160. The molecule has 1 aromatic carbocycles. The van der Waals surface area contributed by atoms with Gasteiger partial charge >= 0.3 is 0 Å². The highest BCUT2D eigenvalue weighted by Crippen LogP contribution is 2.29. The second kappa shape index (κ2) is 5.52. The minimum Gasteiger partial charge on any atom is -0.488 e. The maximum Gasteiger partial charge on any atom is 0.123 e. The third kappa shape index (κ3) is 3.20. The maximum absolute atomic E-state index is 5.89. The first kappa shape index (κ1) is 12.4. The summed E-state index contributed by atoms with van der Waals surface area (Å²) in [5.41, 5.74) is 2.63. The Morgan fingerprint density at radius 1 is 1.53 bits per heavy atom. The molecule has 2 rings (SSSR count). The van der Waals surface area contributed by atoms with Gasteiger partial charge in [-0.1, -0.05) is 17.7 Å². The van der Waals surface area contributed by atoms with E-state index < -0.39 is 0 Å². The van der Waals surface area contributed by atoms with E-state index in [4.69, 9.17) is 9.47 Å². The Bertz CT molecular complexity index is 378. The summed E-state index contributed by atoms with van der Waals surface area (Å²) in [4.78, 5) is 0. The molecular weight excluding hydrogens is 214 g/mol. The molecule has 1 N–H and O–H groups in total. The van der Waals surface area contributed by atoms with E-state index in [-0.39, 0.29) is 6.10 Å². The van der Waals surface area contributed by atoms with E-state index in [0.717, 1.165) is 25.3 Å². The van der Waals surface area contributed by atoms with E-state index in [1.807, 2.05) is 0 Å². The zero-order chi connectivity index (χ0) is 12.3. The van der Waals surface area contributed by atoms with Gasteiger partial charge in [0.05, 0.1) is 6.61 Å². The van der Waals surface area contributed by atoms with Gasteiger partial charge in [-0.25, -0.2) is 0 Å². The molecule has 1 heterocycles. The van der Waals surface area contributed by atoms with E-state index in [1.54, 1.807) is 7.11 Å². The predicted molar refractivity (Wildman–Crippen MR) is 68.6 cm³/mol. The van der Waals surface area contributed by atoms with Crippen molar-refractivity contribution in [2.75, 3.05) is 20.3 Å². The summed E-state index contributed by atoms with van der Waals surface area (Å²) in [5, 5.41) is 3.42. The highest BCUT2D eigenvalue weighted by molar-refractivity contribution is 5.40. The van der Waals surface area contributed by atoms with E-state index in [2.05, 4.69) is 37.4 Å². The molecule has 0 fully saturated rings. The van der Waals surface area contributed by atoms with Crippen LogP contribution >= 0.6 is 0 Å². The summed E-state index contributed by atoms with van der Waals surface area (Å²) in [6.07, 6.45) is 1.26. The van der Waals surface area contributed by atoms with Crippen LogP contribution in [0.25, 0.3) is 0 Å². The fourth-order valence-corrected chi connectivity index (χ4v) is 2.20. The molecule has 1 aliphatic rings. The molecule has 0 aliphatic carbocycles. The highest BCUT2D eigenvalue weighted by Gasteiger charge is 2.22. The zero-order valence-corrected chi connectivity index (χ0v) is 10.8. The van der Waals surface area contributed by atoms with Gasteiger partial charge in [0.2, 0.25) is 0 Å². The van der Waals surface area contributed by atoms with Gasteiger partial charge in [0, 0.05) is 26.1 Å². The molecule has 3 nitrogen and oxygen atoms in total. The average molecular weight is 235 g/mol. The lowest BCUT2D eigenvalue weighted by Gasteiger charge is -2.16. The summed E-state index contributed by atoms with van der Waals surface area (Å²) in [7, 11) is 1.73. The van der Waals surface area contributed by atoms with Crippen molar-refractivity contribution < 1.29 is 9.47 Å². The van der Waals surface area contributed by atoms with Crippen molar-refractivity contribution >= 4 is 0 Å². The third-order valence-electron chi connectivity index (χ3n) is 3.07. The number of methoxy groups -OCH3 is 1. The van der Waals surface area contributed by atoms with Gasteiger partial charge < -0.3 is 14.8 Å². The van der Waals surface area contributed by atoms with E-state index in [9.17, 15) is 0 Å².